The summed E-state index contributed by atoms with van der Waals surface area (Å²) >= 11 is 12.3. The van der Waals surface area contributed by atoms with Gasteiger partial charge in [-0.05, 0) is 54.8 Å². The Morgan fingerprint density at radius 1 is 1.08 bits per heavy atom. The highest BCUT2D eigenvalue weighted by Gasteiger charge is 2.41. The molecule has 0 bridgehead atoms. The van der Waals surface area contributed by atoms with E-state index in [9.17, 15) is 27.6 Å². The Balaban J connectivity index is 1.42. The number of carbonyl (C=O) groups is 3. The van der Waals surface area contributed by atoms with E-state index >= 15 is 0 Å². The van der Waals surface area contributed by atoms with Crippen LogP contribution < -0.4 is 0 Å². The molecule has 12 heteroatoms. The first kappa shape index (κ1) is 26.9. The lowest BCUT2D eigenvalue weighted by Crippen LogP contribution is -2.57. The summed E-state index contributed by atoms with van der Waals surface area (Å²) in [5.41, 5.74) is 2.91. The van der Waals surface area contributed by atoms with Crippen molar-refractivity contribution in [2.45, 2.75) is 38.5 Å². The third-order valence-corrected chi connectivity index (χ3v) is 6.73. The summed E-state index contributed by atoms with van der Waals surface area (Å²) in [4.78, 5) is 43.8. The summed E-state index contributed by atoms with van der Waals surface area (Å²) < 4.78 is 37.9. The first-order chi connectivity index (χ1) is 17.2. The smallest absolute Gasteiger partial charge is 0.384 e. The van der Waals surface area contributed by atoms with E-state index in [2.05, 4.69) is 5.16 Å². The second-order valence-corrected chi connectivity index (χ2v) is 10.1. The topological polar surface area (TPSA) is 79.3 Å². The van der Waals surface area contributed by atoms with Crippen LogP contribution in [0.5, 0.6) is 0 Å². The van der Waals surface area contributed by atoms with Gasteiger partial charge >= 0.3 is 6.18 Å². The molecule has 37 heavy (non-hydrogen) atoms. The number of aryl methyl sites for hydroxylation is 1. The normalized spacial score (nSPS) is 20.2. The summed E-state index contributed by atoms with van der Waals surface area (Å²) in [7, 11) is 0. The summed E-state index contributed by atoms with van der Waals surface area (Å²) in [6.45, 7) is 0.846. The van der Waals surface area contributed by atoms with Crippen LogP contribution in [-0.4, -0.2) is 59.0 Å². The fourth-order valence-corrected chi connectivity index (χ4v) is 4.81. The van der Waals surface area contributed by atoms with Gasteiger partial charge in [0.15, 0.2) is 5.60 Å². The van der Waals surface area contributed by atoms with Crippen LogP contribution in [0.2, 0.25) is 10.0 Å². The number of oxime groups is 1. The Labute approximate surface area is 220 Å². The summed E-state index contributed by atoms with van der Waals surface area (Å²) in [5, 5.41) is 5.21. The van der Waals surface area contributed by atoms with E-state index in [1.165, 1.54) is 0 Å². The molecular weight excluding hydrogens is 534 g/mol. The first-order valence-electron chi connectivity index (χ1n) is 11.2. The number of rotatable bonds is 5. The Kier molecular flexibility index (Phi) is 7.27. The molecule has 1 atom stereocenters. The number of hydrogen-bond acceptors (Lipinski definition) is 5. The minimum Gasteiger partial charge on any atom is -0.384 e. The first-order valence-corrected chi connectivity index (χ1v) is 12.0. The average Bonchev–Trinajstić information content (AvgIpc) is 3.19. The molecule has 2 aliphatic rings. The van der Waals surface area contributed by atoms with E-state index in [4.69, 9.17) is 28.0 Å². The third-order valence-electron chi connectivity index (χ3n) is 6.30. The van der Waals surface area contributed by atoms with Crippen molar-refractivity contribution in [2.24, 2.45) is 5.16 Å². The molecule has 2 aromatic carbocycles. The predicted octanol–water partition coefficient (Wildman–Crippen LogP) is 4.64. The van der Waals surface area contributed by atoms with Crippen molar-refractivity contribution in [3.05, 3.63) is 68.7 Å². The lowest BCUT2D eigenvalue weighted by molar-refractivity contribution is -0.176. The molecule has 3 amide bonds. The molecule has 0 aliphatic carbocycles. The molecule has 0 spiro atoms. The number of benzene rings is 2. The molecule has 0 N–H and O–H groups in total. The second-order valence-electron chi connectivity index (χ2n) is 9.25. The van der Waals surface area contributed by atoms with Crippen LogP contribution in [0.15, 0.2) is 41.6 Å². The van der Waals surface area contributed by atoms with Gasteiger partial charge in [-0.15, -0.1) is 0 Å². The minimum absolute atomic E-state index is 0.117. The van der Waals surface area contributed by atoms with Gasteiger partial charge in [0.25, 0.3) is 0 Å². The van der Waals surface area contributed by atoms with E-state index in [0.29, 0.717) is 27.7 Å². The average molecular weight is 556 g/mol. The number of carbonyl (C=O) groups excluding carboxylic acids is 3. The van der Waals surface area contributed by atoms with Gasteiger partial charge in [0.05, 0.1) is 12.1 Å². The van der Waals surface area contributed by atoms with Crippen molar-refractivity contribution in [3.63, 3.8) is 0 Å². The molecule has 2 aromatic rings. The molecule has 1 fully saturated rings. The van der Waals surface area contributed by atoms with E-state index in [-0.39, 0.29) is 11.3 Å². The van der Waals surface area contributed by atoms with Crippen molar-refractivity contribution >= 4 is 46.6 Å². The van der Waals surface area contributed by atoms with Crippen molar-refractivity contribution < 1.29 is 32.4 Å². The summed E-state index contributed by atoms with van der Waals surface area (Å²) in [6.07, 6.45) is -4.37. The van der Waals surface area contributed by atoms with Gasteiger partial charge in [-0.2, -0.15) is 13.2 Å². The standard InChI is InChI=1S/C25H22Cl2F3N3O4/c1-14-5-16(20-10-24(2,37-31-20)17-7-18(26)9-19(27)8-17)4-3-15(14)6-21(34)32-11-22(35)33(23(36)12-32)13-25(28,29)30/h3-5,7-9H,6,10-13H2,1-2H3. The molecule has 196 valence electrons. The Bertz CT molecular complexity index is 1280. The van der Waals surface area contributed by atoms with Gasteiger partial charge in [-0.25, -0.2) is 0 Å². The highest BCUT2D eigenvalue weighted by molar-refractivity contribution is 6.34. The number of alkyl halides is 3. The second kappa shape index (κ2) is 9.98. The van der Waals surface area contributed by atoms with Crippen LogP contribution in [0.1, 0.15) is 35.6 Å². The quantitative estimate of drug-likeness (QED) is 0.503. The van der Waals surface area contributed by atoms with Gasteiger partial charge in [-0.1, -0.05) is 40.5 Å². The highest BCUT2D eigenvalue weighted by Crippen LogP contribution is 2.38. The van der Waals surface area contributed by atoms with Crippen molar-refractivity contribution in [1.29, 1.82) is 0 Å². The van der Waals surface area contributed by atoms with Crippen molar-refractivity contribution in [1.82, 2.24) is 9.80 Å². The van der Waals surface area contributed by atoms with Crippen LogP contribution in [0.3, 0.4) is 0 Å². The van der Waals surface area contributed by atoms with Crippen LogP contribution in [0, 0.1) is 6.92 Å². The number of imide groups is 1. The van der Waals surface area contributed by atoms with Crippen molar-refractivity contribution in [3.8, 4) is 0 Å². The van der Waals surface area contributed by atoms with Gasteiger partial charge < -0.3 is 9.74 Å². The lowest BCUT2D eigenvalue weighted by Gasteiger charge is -2.33. The Hall–Kier alpha value is -3.11. The van der Waals surface area contributed by atoms with Crippen molar-refractivity contribution in [2.75, 3.05) is 19.6 Å². The number of nitrogens with zero attached hydrogens (tertiary/aromatic N) is 3. The molecule has 2 heterocycles. The lowest BCUT2D eigenvalue weighted by atomic mass is 9.88. The highest BCUT2D eigenvalue weighted by atomic mass is 35.5. The van der Waals surface area contributed by atoms with E-state index in [1.54, 1.807) is 37.3 Å². The van der Waals surface area contributed by atoms with E-state index in [1.807, 2.05) is 13.0 Å². The van der Waals surface area contributed by atoms with Crippen LogP contribution in [0.4, 0.5) is 13.2 Å². The Morgan fingerprint density at radius 3 is 2.27 bits per heavy atom. The largest absolute Gasteiger partial charge is 0.406 e. The maximum atomic E-state index is 12.8. The fraction of sp³-hybridized carbons (Fsp3) is 0.360. The number of halogens is 5. The van der Waals surface area contributed by atoms with Crippen LogP contribution >= 0.6 is 23.2 Å². The zero-order valence-electron chi connectivity index (χ0n) is 19.9. The van der Waals surface area contributed by atoms with Gasteiger partial charge in [0.2, 0.25) is 17.7 Å². The number of piperazine rings is 1. The molecule has 7 nitrogen and oxygen atoms in total. The number of amides is 3. The van der Waals surface area contributed by atoms with Gasteiger partial charge in [-0.3, -0.25) is 19.3 Å². The monoisotopic (exact) mass is 555 g/mol. The molecular formula is C25H22Cl2F3N3O4. The molecule has 0 saturated carbocycles. The van der Waals surface area contributed by atoms with E-state index in [0.717, 1.165) is 21.6 Å². The molecule has 0 aromatic heterocycles. The molecule has 1 saturated heterocycles. The van der Waals surface area contributed by atoms with Crippen LogP contribution in [0.25, 0.3) is 0 Å². The van der Waals surface area contributed by atoms with Gasteiger partial charge in [0, 0.05) is 22.0 Å². The summed E-state index contributed by atoms with van der Waals surface area (Å²) in [6, 6.07) is 10.5. The number of hydrogen-bond donors (Lipinski definition) is 0. The SMILES string of the molecule is Cc1cc(C2=NOC(C)(c3cc(Cl)cc(Cl)c3)C2)ccc1CC(=O)N1CC(=O)N(CC(F)(F)F)C(=O)C1. The maximum absolute atomic E-state index is 12.8. The molecule has 4 rings (SSSR count). The molecule has 1 unspecified atom stereocenters. The van der Waals surface area contributed by atoms with Crippen LogP contribution in [-0.2, 0) is 31.2 Å². The predicted molar refractivity (Wildman–Crippen MR) is 130 cm³/mol. The summed E-state index contributed by atoms with van der Waals surface area (Å²) in [5.74, 6) is -2.65. The maximum Gasteiger partial charge on any atom is 0.406 e. The molecule has 2 aliphatic heterocycles. The molecule has 0 radical (unpaired) electrons. The minimum atomic E-state index is -4.70. The fourth-order valence-electron chi connectivity index (χ4n) is 4.28. The zero-order valence-corrected chi connectivity index (χ0v) is 21.4. The Morgan fingerprint density at radius 2 is 1.70 bits per heavy atom. The van der Waals surface area contributed by atoms with Gasteiger partial charge in [0.1, 0.15) is 19.6 Å². The van der Waals surface area contributed by atoms with E-state index < -0.39 is 49.1 Å². The zero-order chi connectivity index (χ0) is 27.1. The third kappa shape index (κ3) is 6.07.